The lowest BCUT2D eigenvalue weighted by molar-refractivity contribution is 0.476. The summed E-state index contributed by atoms with van der Waals surface area (Å²) in [5.41, 5.74) is 2.84. The van der Waals surface area contributed by atoms with Crippen molar-refractivity contribution in [2.24, 2.45) is 0 Å². The molecule has 4 heteroatoms. The van der Waals surface area contributed by atoms with E-state index in [4.69, 9.17) is 0 Å². The molecule has 0 unspecified atom stereocenters. The van der Waals surface area contributed by atoms with Crippen LogP contribution in [-0.2, 0) is 13.1 Å². The molecule has 16 heavy (non-hydrogen) atoms. The molecule has 1 N–H and O–H groups in total. The first-order chi connectivity index (χ1) is 7.83. The minimum Gasteiger partial charge on any atom is -0.309 e. The Kier molecular flexibility index (Phi) is 2.22. The number of hydrogen-bond donors (Lipinski definition) is 1. The van der Waals surface area contributed by atoms with Gasteiger partial charge in [0.2, 0.25) is 0 Å². The summed E-state index contributed by atoms with van der Waals surface area (Å²) in [5, 5.41) is 7.75. The Morgan fingerprint density at radius 3 is 3.06 bits per heavy atom. The molecule has 0 bridgehead atoms. The molecule has 3 nitrogen and oxygen atoms in total. The van der Waals surface area contributed by atoms with E-state index in [1.807, 2.05) is 16.8 Å². The molecule has 2 heterocycles. The van der Waals surface area contributed by atoms with Crippen molar-refractivity contribution in [1.82, 2.24) is 15.1 Å². The van der Waals surface area contributed by atoms with Crippen LogP contribution < -0.4 is 5.32 Å². The molecule has 0 atom stereocenters. The Balaban J connectivity index is 2.03. The van der Waals surface area contributed by atoms with Crippen LogP contribution in [0.3, 0.4) is 0 Å². The molecule has 0 saturated heterocycles. The van der Waals surface area contributed by atoms with Crippen molar-refractivity contribution in [1.29, 1.82) is 0 Å². The maximum Gasteiger partial charge on any atom is 0.123 e. The molecular formula is C12H12FN3. The molecule has 0 aliphatic carbocycles. The molecule has 2 aromatic rings. The van der Waals surface area contributed by atoms with E-state index in [0.29, 0.717) is 0 Å². The fourth-order valence-electron chi connectivity index (χ4n) is 1.98. The molecule has 3 rings (SSSR count). The summed E-state index contributed by atoms with van der Waals surface area (Å²) in [5.74, 6) is -0.221. The second-order valence-corrected chi connectivity index (χ2v) is 3.93. The minimum absolute atomic E-state index is 0.221. The highest BCUT2D eigenvalue weighted by Gasteiger charge is 2.12. The number of fused-ring (bicyclic) bond motifs is 1. The third-order valence-electron chi connectivity index (χ3n) is 2.79. The van der Waals surface area contributed by atoms with Gasteiger partial charge < -0.3 is 5.32 Å². The van der Waals surface area contributed by atoms with Gasteiger partial charge in [0.15, 0.2) is 0 Å². The predicted molar refractivity (Wildman–Crippen MR) is 59.3 cm³/mol. The summed E-state index contributed by atoms with van der Waals surface area (Å²) in [4.78, 5) is 0. The summed E-state index contributed by atoms with van der Waals surface area (Å²) in [6.07, 6.45) is 0. The van der Waals surface area contributed by atoms with Gasteiger partial charge in [-0.2, -0.15) is 5.10 Å². The monoisotopic (exact) mass is 217 g/mol. The van der Waals surface area contributed by atoms with Gasteiger partial charge in [-0.3, -0.25) is 4.68 Å². The number of nitrogens with one attached hydrogen (secondary N) is 1. The second-order valence-electron chi connectivity index (χ2n) is 3.93. The molecule has 0 amide bonds. The molecule has 0 fully saturated rings. The second kappa shape index (κ2) is 3.72. The number of halogens is 1. The molecule has 1 aliphatic heterocycles. The van der Waals surface area contributed by atoms with E-state index in [2.05, 4.69) is 10.4 Å². The molecule has 0 radical (unpaired) electrons. The van der Waals surface area contributed by atoms with Crippen LogP contribution in [0.15, 0.2) is 30.3 Å². The lowest BCUT2D eigenvalue weighted by Gasteiger charge is -2.13. The predicted octanol–water partition coefficient (Wildman–Crippen LogP) is 1.79. The molecule has 0 saturated carbocycles. The van der Waals surface area contributed by atoms with Crippen LogP contribution in [0.1, 0.15) is 5.69 Å². The largest absolute Gasteiger partial charge is 0.309 e. The average molecular weight is 217 g/mol. The van der Waals surface area contributed by atoms with Gasteiger partial charge in [-0.15, -0.1) is 0 Å². The highest BCUT2D eigenvalue weighted by molar-refractivity contribution is 5.59. The highest BCUT2D eigenvalue weighted by Crippen LogP contribution is 2.20. The first-order valence-corrected chi connectivity index (χ1v) is 5.36. The zero-order valence-corrected chi connectivity index (χ0v) is 8.78. The lowest BCUT2D eigenvalue weighted by Crippen LogP contribution is -2.28. The van der Waals surface area contributed by atoms with Gasteiger partial charge in [0.1, 0.15) is 5.82 Å². The van der Waals surface area contributed by atoms with Crippen molar-refractivity contribution in [3.05, 3.63) is 41.8 Å². The van der Waals surface area contributed by atoms with E-state index in [1.54, 1.807) is 6.07 Å². The zero-order chi connectivity index (χ0) is 11.0. The number of aromatic nitrogens is 2. The molecular weight excluding hydrogens is 205 g/mol. The van der Waals surface area contributed by atoms with Gasteiger partial charge in [-0.25, -0.2) is 4.39 Å². The van der Waals surface area contributed by atoms with Crippen molar-refractivity contribution in [2.75, 3.05) is 6.54 Å². The molecule has 82 valence electrons. The topological polar surface area (TPSA) is 29.9 Å². The number of benzene rings is 1. The van der Waals surface area contributed by atoms with Gasteiger partial charge >= 0.3 is 0 Å². The van der Waals surface area contributed by atoms with Gasteiger partial charge in [0, 0.05) is 18.7 Å². The molecule has 0 spiro atoms. The quantitative estimate of drug-likeness (QED) is 0.789. The Hall–Kier alpha value is -1.68. The van der Waals surface area contributed by atoms with E-state index < -0.39 is 0 Å². The van der Waals surface area contributed by atoms with E-state index >= 15 is 0 Å². The van der Waals surface area contributed by atoms with Crippen molar-refractivity contribution in [3.63, 3.8) is 0 Å². The van der Waals surface area contributed by atoms with Gasteiger partial charge in [-0.1, -0.05) is 12.1 Å². The van der Waals surface area contributed by atoms with E-state index in [0.717, 1.165) is 36.6 Å². The van der Waals surface area contributed by atoms with Crippen LogP contribution in [0.4, 0.5) is 4.39 Å². The normalized spacial score (nSPS) is 14.8. The summed E-state index contributed by atoms with van der Waals surface area (Å²) >= 11 is 0. The first kappa shape index (κ1) is 9.54. The Morgan fingerprint density at radius 1 is 1.31 bits per heavy atom. The maximum absolute atomic E-state index is 13.1. The molecule has 1 aliphatic rings. The van der Waals surface area contributed by atoms with Crippen LogP contribution in [0.2, 0.25) is 0 Å². The number of nitrogens with zero attached hydrogens (tertiary/aromatic N) is 2. The van der Waals surface area contributed by atoms with Crippen LogP contribution in [0.25, 0.3) is 11.3 Å². The molecule has 1 aromatic heterocycles. The van der Waals surface area contributed by atoms with E-state index in [1.165, 1.54) is 12.1 Å². The highest BCUT2D eigenvalue weighted by atomic mass is 19.1. The third kappa shape index (κ3) is 1.61. The van der Waals surface area contributed by atoms with Gasteiger partial charge in [0.25, 0.3) is 0 Å². The average Bonchev–Trinajstić information content (AvgIpc) is 2.72. The van der Waals surface area contributed by atoms with Crippen molar-refractivity contribution in [3.8, 4) is 11.3 Å². The van der Waals surface area contributed by atoms with E-state index in [9.17, 15) is 4.39 Å². The van der Waals surface area contributed by atoms with Crippen molar-refractivity contribution in [2.45, 2.75) is 13.1 Å². The summed E-state index contributed by atoms with van der Waals surface area (Å²) < 4.78 is 15.1. The van der Waals surface area contributed by atoms with Gasteiger partial charge in [0.05, 0.1) is 17.9 Å². The SMILES string of the molecule is Fc1cccc(-c2cc3n(n2)CCNC3)c1. The minimum atomic E-state index is -0.221. The first-order valence-electron chi connectivity index (χ1n) is 5.36. The zero-order valence-electron chi connectivity index (χ0n) is 8.78. The van der Waals surface area contributed by atoms with Crippen molar-refractivity contribution < 1.29 is 4.39 Å². The van der Waals surface area contributed by atoms with Crippen LogP contribution in [0, 0.1) is 5.82 Å². The summed E-state index contributed by atoms with van der Waals surface area (Å²) in [6, 6.07) is 8.57. The van der Waals surface area contributed by atoms with Crippen LogP contribution in [-0.4, -0.2) is 16.3 Å². The summed E-state index contributed by atoms with van der Waals surface area (Å²) in [7, 11) is 0. The Labute approximate surface area is 92.9 Å². The van der Waals surface area contributed by atoms with Crippen LogP contribution in [0.5, 0.6) is 0 Å². The number of rotatable bonds is 1. The van der Waals surface area contributed by atoms with Crippen molar-refractivity contribution >= 4 is 0 Å². The lowest BCUT2D eigenvalue weighted by atomic mass is 10.1. The standard InChI is InChI=1S/C12H12FN3/c13-10-3-1-2-9(6-10)12-7-11-8-14-4-5-16(11)15-12/h1-3,6-7,14H,4-5,8H2. The maximum atomic E-state index is 13.1. The third-order valence-corrected chi connectivity index (χ3v) is 2.79. The fourth-order valence-corrected chi connectivity index (χ4v) is 1.98. The van der Waals surface area contributed by atoms with Gasteiger partial charge in [-0.05, 0) is 18.2 Å². The molecule has 1 aromatic carbocycles. The Morgan fingerprint density at radius 2 is 2.25 bits per heavy atom. The van der Waals surface area contributed by atoms with E-state index in [-0.39, 0.29) is 5.82 Å². The summed E-state index contributed by atoms with van der Waals surface area (Å²) in [6.45, 7) is 2.66. The van der Waals surface area contributed by atoms with Crippen LogP contribution >= 0.6 is 0 Å². The smallest absolute Gasteiger partial charge is 0.123 e. The number of hydrogen-bond acceptors (Lipinski definition) is 2. The fraction of sp³-hybridized carbons (Fsp3) is 0.250. The Bertz CT molecular complexity index is 495.